The molecule has 0 amide bonds. The van der Waals surface area contributed by atoms with Gasteiger partial charge in [-0.25, -0.2) is 0 Å². The maximum absolute atomic E-state index is 11.5. The fourth-order valence-electron chi connectivity index (χ4n) is 2.24. The zero-order valence-corrected chi connectivity index (χ0v) is 14.2. The molecule has 0 spiro atoms. The van der Waals surface area contributed by atoms with E-state index in [1.807, 2.05) is 0 Å². The molecule has 0 fully saturated rings. The molecular formula is C18H36O2. The van der Waals surface area contributed by atoms with Gasteiger partial charge in [-0.2, -0.15) is 0 Å². The Balaban J connectivity index is 3.17. The minimum Gasteiger partial charge on any atom is -0.373 e. The number of carbonyl (C=O) groups is 1. The summed E-state index contributed by atoms with van der Waals surface area (Å²) < 4.78 is 5.35. The van der Waals surface area contributed by atoms with E-state index in [4.69, 9.17) is 4.74 Å². The van der Waals surface area contributed by atoms with Crippen LogP contribution < -0.4 is 0 Å². The van der Waals surface area contributed by atoms with Crippen LogP contribution in [-0.2, 0) is 9.53 Å². The summed E-state index contributed by atoms with van der Waals surface area (Å²) in [4.78, 5) is 11.5. The van der Waals surface area contributed by atoms with Crippen LogP contribution in [0.1, 0.15) is 85.5 Å². The molecule has 0 aromatic rings. The lowest BCUT2D eigenvalue weighted by atomic mass is 10.0. The van der Waals surface area contributed by atoms with Crippen molar-refractivity contribution in [3.8, 4) is 0 Å². The van der Waals surface area contributed by atoms with Crippen LogP contribution in [0.2, 0.25) is 0 Å². The Hall–Kier alpha value is -0.370. The normalized spacial score (nSPS) is 11.5. The number of carbonyl (C=O) groups excluding carboxylic acids is 1. The van der Waals surface area contributed by atoms with E-state index in [1.54, 1.807) is 0 Å². The van der Waals surface area contributed by atoms with E-state index in [1.165, 1.54) is 44.9 Å². The summed E-state index contributed by atoms with van der Waals surface area (Å²) in [6.07, 6.45) is 11.0. The second-order valence-electron chi connectivity index (χ2n) is 6.86. The number of hydrogen-bond acceptors (Lipinski definition) is 2. The first kappa shape index (κ1) is 19.6. The average molecular weight is 284 g/mol. The zero-order valence-electron chi connectivity index (χ0n) is 14.2. The molecule has 20 heavy (non-hydrogen) atoms. The highest BCUT2D eigenvalue weighted by Gasteiger charge is 2.03. The van der Waals surface area contributed by atoms with Crippen LogP contribution in [0.5, 0.6) is 0 Å². The van der Waals surface area contributed by atoms with Crippen LogP contribution in [0.25, 0.3) is 0 Å². The third kappa shape index (κ3) is 15.7. The molecule has 0 N–H and O–H groups in total. The predicted molar refractivity (Wildman–Crippen MR) is 87.1 cm³/mol. The van der Waals surface area contributed by atoms with Gasteiger partial charge in [0.25, 0.3) is 0 Å². The van der Waals surface area contributed by atoms with Crippen molar-refractivity contribution in [3.05, 3.63) is 0 Å². The first-order chi connectivity index (χ1) is 9.52. The maximum atomic E-state index is 11.5. The number of unbranched alkanes of at least 4 members (excludes halogenated alkanes) is 6. The van der Waals surface area contributed by atoms with Crippen LogP contribution >= 0.6 is 0 Å². The Kier molecular flexibility index (Phi) is 13.4. The van der Waals surface area contributed by atoms with E-state index in [2.05, 4.69) is 27.7 Å². The SMILES string of the molecule is CC(C)CCCCCCCCCC(=O)COCC(C)C. The average Bonchev–Trinajstić information content (AvgIpc) is 2.36. The van der Waals surface area contributed by atoms with Crippen molar-refractivity contribution in [2.75, 3.05) is 13.2 Å². The third-order valence-corrected chi connectivity index (χ3v) is 3.45. The van der Waals surface area contributed by atoms with Crippen molar-refractivity contribution in [1.29, 1.82) is 0 Å². The number of rotatable bonds is 14. The van der Waals surface area contributed by atoms with Gasteiger partial charge < -0.3 is 4.74 Å². The third-order valence-electron chi connectivity index (χ3n) is 3.45. The van der Waals surface area contributed by atoms with Gasteiger partial charge in [-0.3, -0.25) is 4.79 Å². The molecule has 0 bridgehead atoms. The molecule has 0 aromatic heterocycles. The Morgan fingerprint density at radius 3 is 1.90 bits per heavy atom. The minimum absolute atomic E-state index is 0.266. The minimum atomic E-state index is 0.266. The lowest BCUT2D eigenvalue weighted by molar-refractivity contribution is -0.124. The summed E-state index contributed by atoms with van der Waals surface area (Å²) in [6, 6.07) is 0. The molecule has 0 rings (SSSR count). The van der Waals surface area contributed by atoms with Crippen LogP contribution in [0.3, 0.4) is 0 Å². The standard InChI is InChI=1S/C18H36O2/c1-16(2)12-10-8-6-5-7-9-11-13-18(19)15-20-14-17(3)4/h16-17H,5-15H2,1-4H3. The van der Waals surface area contributed by atoms with Gasteiger partial charge in [-0.1, -0.05) is 72.6 Å². The van der Waals surface area contributed by atoms with E-state index >= 15 is 0 Å². The van der Waals surface area contributed by atoms with Crippen LogP contribution in [0.15, 0.2) is 0 Å². The first-order valence-electron chi connectivity index (χ1n) is 8.61. The fraction of sp³-hybridized carbons (Fsp3) is 0.944. The highest BCUT2D eigenvalue weighted by atomic mass is 16.5. The van der Waals surface area contributed by atoms with Crippen molar-refractivity contribution >= 4 is 5.78 Å². The summed E-state index contributed by atoms with van der Waals surface area (Å²) in [5.74, 6) is 1.63. The summed E-state index contributed by atoms with van der Waals surface area (Å²) >= 11 is 0. The smallest absolute Gasteiger partial charge is 0.158 e. The van der Waals surface area contributed by atoms with Gasteiger partial charge in [0.15, 0.2) is 5.78 Å². The Labute approximate surface area is 126 Å². The van der Waals surface area contributed by atoms with Gasteiger partial charge >= 0.3 is 0 Å². The molecule has 0 radical (unpaired) electrons. The molecule has 0 heterocycles. The van der Waals surface area contributed by atoms with E-state index in [-0.39, 0.29) is 5.78 Å². The lowest BCUT2D eigenvalue weighted by Gasteiger charge is -2.06. The predicted octanol–water partition coefficient (Wildman–Crippen LogP) is 5.40. The molecule has 0 saturated carbocycles. The Bertz CT molecular complexity index is 221. The van der Waals surface area contributed by atoms with Gasteiger partial charge in [-0.15, -0.1) is 0 Å². The summed E-state index contributed by atoms with van der Waals surface area (Å²) in [5, 5.41) is 0. The van der Waals surface area contributed by atoms with Gasteiger partial charge in [-0.05, 0) is 18.3 Å². The molecule has 2 heteroatoms. The summed E-state index contributed by atoms with van der Waals surface area (Å²) in [6.45, 7) is 9.80. The molecule has 0 aliphatic heterocycles. The van der Waals surface area contributed by atoms with Crippen molar-refractivity contribution in [3.63, 3.8) is 0 Å². The molecule has 0 aliphatic rings. The van der Waals surface area contributed by atoms with Gasteiger partial charge in [0.05, 0.1) is 0 Å². The fourth-order valence-corrected chi connectivity index (χ4v) is 2.24. The van der Waals surface area contributed by atoms with Crippen LogP contribution in [0.4, 0.5) is 0 Å². The summed E-state index contributed by atoms with van der Waals surface area (Å²) in [5.41, 5.74) is 0. The molecule has 0 atom stereocenters. The maximum Gasteiger partial charge on any atom is 0.158 e. The lowest BCUT2D eigenvalue weighted by Crippen LogP contribution is -2.11. The molecule has 0 unspecified atom stereocenters. The topological polar surface area (TPSA) is 26.3 Å². The van der Waals surface area contributed by atoms with Crippen molar-refractivity contribution < 1.29 is 9.53 Å². The molecule has 0 aliphatic carbocycles. The monoisotopic (exact) mass is 284 g/mol. The molecule has 2 nitrogen and oxygen atoms in total. The number of ketones is 1. The van der Waals surface area contributed by atoms with Crippen molar-refractivity contribution in [2.24, 2.45) is 11.8 Å². The largest absolute Gasteiger partial charge is 0.373 e. The van der Waals surface area contributed by atoms with Crippen molar-refractivity contribution in [1.82, 2.24) is 0 Å². The van der Waals surface area contributed by atoms with Gasteiger partial charge in [0, 0.05) is 13.0 Å². The zero-order chi connectivity index (χ0) is 15.2. The molecular weight excluding hydrogens is 248 g/mol. The highest BCUT2D eigenvalue weighted by Crippen LogP contribution is 2.12. The highest BCUT2D eigenvalue weighted by molar-refractivity contribution is 5.79. The second-order valence-corrected chi connectivity index (χ2v) is 6.86. The Morgan fingerprint density at radius 1 is 0.800 bits per heavy atom. The van der Waals surface area contributed by atoms with Crippen LogP contribution in [0, 0.1) is 11.8 Å². The van der Waals surface area contributed by atoms with E-state index in [0.717, 1.165) is 12.3 Å². The summed E-state index contributed by atoms with van der Waals surface area (Å²) in [7, 11) is 0. The molecule has 120 valence electrons. The van der Waals surface area contributed by atoms with Gasteiger partial charge in [0.2, 0.25) is 0 Å². The van der Waals surface area contributed by atoms with Crippen LogP contribution in [-0.4, -0.2) is 19.0 Å². The van der Waals surface area contributed by atoms with E-state index in [9.17, 15) is 4.79 Å². The molecule has 0 saturated heterocycles. The van der Waals surface area contributed by atoms with E-state index < -0.39 is 0 Å². The van der Waals surface area contributed by atoms with E-state index in [0.29, 0.717) is 25.6 Å². The molecule has 0 aromatic carbocycles. The first-order valence-corrected chi connectivity index (χ1v) is 8.61. The quantitative estimate of drug-likeness (QED) is 0.399. The van der Waals surface area contributed by atoms with Gasteiger partial charge in [0.1, 0.15) is 6.61 Å². The Morgan fingerprint density at radius 2 is 1.35 bits per heavy atom. The second kappa shape index (κ2) is 13.6. The number of ether oxygens (including phenoxy) is 1. The van der Waals surface area contributed by atoms with Crippen molar-refractivity contribution in [2.45, 2.75) is 85.5 Å². The number of Topliss-reactive ketones (excluding diaryl/α,β-unsaturated/α-hetero) is 1. The number of hydrogen-bond donors (Lipinski definition) is 0.